The van der Waals surface area contributed by atoms with Gasteiger partial charge in [-0.2, -0.15) is 0 Å². The van der Waals surface area contributed by atoms with Crippen molar-refractivity contribution in [3.8, 4) is 0 Å². The van der Waals surface area contributed by atoms with Gasteiger partial charge in [-0.05, 0) is 54.4 Å². The van der Waals surface area contributed by atoms with Crippen molar-refractivity contribution in [2.45, 2.75) is 24.8 Å². The Morgan fingerprint density at radius 1 is 1.06 bits per heavy atom. The second kappa shape index (κ2) is 10.0. The van der Waals surface area contributed by atoms with Crippen molar-refractivity contribution in [2.75, 3.05) is 11.3 Å². The molecule has 0 aliphatic rings. The van der Waals surface area contributed by atoms with E-state index in [2.05, 4.69) is 10.0 Å². The lowest BCUT2D eigenvalue weighted by Gasteiger charge is -2.13. The number of para-hydroxylation sites is 1. The smallest absolute Gasteiger partial charge is 0.308 e. The molecular weight excluding hydrogens is 494 g/mol. The topological polar surface area (TPSA) is 97.3 Å². The summed E-state index contributed by atoms with van der Waals surface area (Å²) in [6, 6.07) is 18.2. The van der Waals surface area contributed by atoms with Crippen molar-refractivity contribution in [1.82, 2.24) is 9.88 Å². The van der Waals surface area contributed by atoms with E-state index in [1.165, 1.54) is 18.2 Å². The van der Waals surface area contributed by atoms with Gasteiger partial charge in [-0.3, -0.25) is 18.9 Å². The van der Waals surface area contributed by atoms with E-state index < -0.39 is 10.0 Å². The first-order chi connectivity index (χ1) is 16.3. The number of rotatable bonds is 8. The highest BCUT2D eigenvalue weighted by molar-refractivity contribution is 7.92. The van der Waals surface area contributed by atoms with E-state index in [0.29, 0.717) is 28.3 Å². The zero-order valence-corrected chi connectivity index (χ0v) is 20.6. The van der Waals surface area contributed by atoms with E-state index in [4.69, 9.17) is 11.6 Å². The van der Waals surface area contributed by atoms with Gasteiger partial charge in [0.1, 0.15) is 0 Å². The fraction of sp³-hybridized carbons (Fsp3) is 0.167. The fourth-order valence-corrected chi connectivity index (χ4v) is 5.68. The first-order valence-corrected chi connectivity index (χ1v) is 13.2. The number of nitrogens with one attached hydrogen (secondary N) is 2. The number of anilines is 1. The van der Waals surface area contributed by atoms with Crippen molar-refractivity contribution < 1.29 is 13.2 Å². The van der Waals surface area contributed by atoms with Crippen LogP contribution in [-0.2, 0) is 16.6 Å². The molecule has 1 amide bonds. The number of aromatic nitrogens is 1. The monoisotopic (exact) mass is 515 g/mol. The predicted octanol–water partition coefficient (Wildman–Crippen LogP) is 4.71. The second-order valence-corrected chi connectivity index (χ2v) is 10.7. The summed E-state index contributed by atoms with van der Waals surface area (Å²) in [5, 5.41) is 3.36. The van der Waals surface area contributed by atoms with E-state index in [1.807, 2.05) is 19.1 Å². The van der Waals surface area contributed by atoms with Gasteiger partial charge in [-0.15, -0.1) is 0 Å². The SMILES string of the molecule is CCCNC(=O)c1ccccc1NS(=O)(=O)c1ccc2c(c1)sc(=O)n2Cc1ccc(Cl)cc1. The van der Waals surface area contributed by atoms with Crippen molar-refractivity contribution >= 4 is 54.8 Å². The zero-order chi connectivity index (χ0) is 24.3. The molecule has 0 fully saturated rings. The largest absolute Gasteiger partial charge is 0.352 e. The summed E-state index contributed by atoms with van der Waals surface area (Å²) < 4.78 is 30.9. The molecule has 0 aliphatic heterocycles. The summed E-state index contributed by atoms with van der Waals surface area (Å²) >= 11 is 6.92. The molecule has 0 radical (unpaired) electrons. The van der Waals surface area contributed by atoms with Gasteiger partial charge in [0.05, 0.1) is 32.9 Å². The van der Waals surface area contributed by atoms with Gasteiger partial charge in [-0.25, -0.2) is 8.42 Å². The first kappa shape index (κ1) is 24.0. The first-order valence-electron chi connectivity index (χ1n) is 10.6. The number of amides is 1. The predicted molar refractivity (Wildman–Crippen MR) is 137 cm³/mol. The third-order valence-electron chi connectivity index (χ3n) is 5.16. The van der Waals surface area contributed by atoms with Gasteiger partial charge in [0.15, 0.2) is 0 Å². The highest BCUT2D eigenvalue weighted by Gasteiger charge is 2.20. The Balaban J connectivity index is 1.64. The number of carbonyl (C=O) groups excluding carboxylic acids is 1. The number of nitrogens with zero attached hydrogens (tertiary/aromatic N) is 1. The zero-order valence-electron chi connectivity index (χ0n) is 18.2. The third-order valence-corrected chi connectivity index (χ3v) is 7.71. The lowest BCUT2D eigenvalue weighted by molar-refractivity contribution is 0.0954. The van der Waals surface area contributed by atoms with Crippen molar-refractivity contribution in [3.63, 3.8) is 0 Å². The molecular formula is C24H22ClN3O4S2. The van der Waals surface area contributed by atoms with E-state index in [1.54, 1.807) is 41.0 Å². The normalized spacial score (nSPS) is 11.5. The van der Waals surface area contributed by atoms with E-state index in [0.717, 1.165) is 23.3 Å². The van der Waals surface area contributed by atoms with E-state index >= 15 is 0 Å². The Hall–Kier alpha value is -3.14. The summed E-state index contributed by atoms with van der Waals surface area (Å²) in [6.07, 6.45) is 0.764. The van der Waals surface area contributed by atoms with Crippen LogP contribution in [0.5, 0.6) is 0 Å². The molecule has 0 aliphatic carbocycles. The lowest BCUT2D eigenvalue weighted by atomic mass is 10.1. The molecule has 7 nitrogen and oxygen atoms in total. The molecule has 1 aromatic heterocycles. The molecule has 0 saturated heterocycles. The highest BCUT2D eigenvalue weighted by Crippen LogP contribution is 2.25. The minimum absolute atomic E-state index is 0.00339. The molecule has 0 spiro atoms. The molecule has 0 unspecified atom stereocenters. The second-order valence-electron chi connectivity index (χ2n) is 7.62. The van der Waals surface area contributed by atoms with Crippen LogP contribution in [0.3, 0.4) is 0 Å². The molecule has 1 heterocycles. The van der Waals surface area contributed by atoms with Crippen molar-refractivity contribution in [3.05, 3.63) is 92.5 Å². The standard InChI is InChI=1S/C24H22ClN3O4S2/c1-2-13-26-23(29)19-5-3-4-6-20(19)27-34(31,32)18-11-12-21-22(14-18)33-24(30)28(21)15-16-7-9-17(25)10-8-16/h3-12,14,27H,2,13,15H2,1H3,(H,26,29). The molecule has 176 valence electrons. The molecule has 2 N–H and O–H groups in total. The van der Waals surface area contributed by atoms with Crippen LogP contribution in [0, 0.1) is 0 Å². The fourth-order valence-electron chi connectivity index (χ4n) is 3.44. The maximum atomic E-state index is 13.1. The van der Waals surface area contributed by atoms with Crippen LogP contribution >= 0.6 is 22.9 Å². The van der Waals surface area contributed by atoms with Crippen LogP contribution in [0.1, 0.15) is 29.3 Å². The molecule has 10 heteroatoms. The number of benzene rings is 3. The average Bonchev–Trinajstić information content (AvgIpc) is 3.13. The Labute approximate surface area is 206 Å². The van der Waals surface area contributed by atoms with Crippen molar-refractivity contribution in [1.29, 1.82) is 0 Å². The lowest BCUT2D eigenvalue weighted by Crippen LogP contribution is -2.25. The van der Waals surface area contributed by atoms with Crippen LogP contribution in [0.4, 0.5) is 5.69 Å². The Morgan fingerprint density at radius 3 is 2.53 bits per heavy atom. The van der Waals surface area contributed by atoms with Gasteiger partial charge in [-0.1, -0.05) is 54.1 Å². The maximum absolute atomic E-state index is 13.1. The number of thiazole rings is 1. The molecule has 34 heavy (non-hydrogen) atoms. The minimum atomic E-state index is -4.00. The van der Waals surface area contributed by atoms with Crippen LogP contribution in [0.15, 0.2) is 76.4 Å². The summed E-state index contributed by atoms with van der Waals surface area (Å²) in [5.41, 5.74) is 1.97. The Bertz CT molecular complexity index is 1510. The van der Waals surface area contributed by atoms with Crippen molar-refractivity contribution in [2.24, 2.45) is 0 Å². The third kappa shape index (κ3) is 5.16. The van der Waals surface area contributed by atoms with Crippen LogP contribution in [0.2, 0.25) is 5.02 Å². The number of hydrogen-bond donors (Lipinski definition) is 2. The Kier molecular flexibility index (Phi) is 7.06. The number of fused-ring (bicyclic) bond motifs is 1. The summed E-state index contributed by atoms with van der Waals surface area (Å²) in [7, 11) is -4.00. The van der Waals surface area contributed by atoms with E-state index in [9.17, 15) is 18.0 Å². The molecule has 4 rings (SSSR count). The van der Waals surface area contributed by atoms with E-state index in [-0.39, 0.29) is 26.9 Å². The van der Waals surface area contributed by atoms with Gasteiger partial charge >= 0.3 is 4.87 Å². The minimum Gasteiger partial charge on any atom is -0.352 e. The molecule has 0 atom stereocenters. The van der Waals surface area contributed by atoms with Gasteiger partial charge in [0.25, 0.3) is 15.9 Å². The van der Waals surface area contributed by atoms with Crippen LogP contribution in [-0.4, -0.2) is 25.4 Å². The van der Waals surface area contributed by atoms with Crippen LogP contribution in [0.25, 0.3) is 10.2 Å². The summed E-state index contributed by atoms with van der Waals surface area (Å²) in [6.45, 7) is 2.77. The maximum Gasteiger partial charge on any atom is 0.308 e. The molecule has 0 bridgehead atoms. The van der Waals surface area contributed by atoms with Gasteiger partial charge in [0, 0.05) is 11.6 Å². The number of halogens is 1. The quantitative estimate of drug-likeness (QED) is 0.355. The summed E-state index contributed by atoms with van der Waals surface area (Å²) in [4.78, 5) is 24.9. The van der Waals surface area contributed by atoms with Gasteiger partial charge in [0.2, 0.25) is 0 Å². The summed E-state index contributed by atoms with van der Waals surface area (Å²) in [5.74, 6) is -0.354. The number of hydrogen-bond acceptors (Lipinski definition) is 5. The number of carbonyl (C=O) groups is 1. The Morgan fingerprint density at radius 2 is 1.79 bits per heavy atom. The van der Waals surface area contributed by atoms with Gasteiger partial charge < -0.3 is 5.32 Å². The highest BCUT2D eigenvalue weighted by atomic mass is 35.5. The molecule has 3 aromatic carbocycles. The average molecular weight is 516 g/mol. The molecule has 0 saturated carbocycles. The van der Waals surface area contributed by atoms with Crippen LogP contribution < -0.4 is 14.9 Å². The molecule has 4 aromatic rings. The number of sulfonamides is 1.